The maximum atomic E-state index is 12.6. The highest BCUT2D eigenvalue weighted by atomic mass is 32.2. The van der Waals surface area contributed by atoms with Crippen LogP contribution >= 0.6 is 0 Å². The predicted octanol–water partition coefficient (Wildman–Crippen LogP) is 0.692. The molecule has 11 heteroatoms. The van der Waals surface area contributed by atoms with Crippen LogP contribution in [0.5, 0.6) is 0 Å². The summed E-state index contributed by atoms with van der Waals surface area (Å²) >= 11 is 0. The fourth-order valence-corrected chi connectivity index (χ4v) is 4.38. The number of nitrogens with one attached hydrogen (secondary N) is 1. The van der Waals surface area contributed by atoms with Crippen LogP contribution in [0.1, 0.15) is 22.6 Å². The molecule has 1 N–H and O–H groups in total. The van der Waals surface area contributed by atoms with Gasteiger partial charge in [0.25, 0.3) is 5.91 Å². The van der Waals surface area contributed by atoms with Gasteiger partial charge in [-0.2, -0.15) is 0 Å². The summed E-state index contributed by atoms with van der Waals surface area (Å²) in [5.74, 6) is 1.30. The van der Waals surface area contributed by atoms with E-state index in [4.69, 9.17) is 0 Å². The van der Waals surface area contributed by atoms with Gasteiger partial charge in [-0.3, -0.25) is 9.20 Å². The quantitative estimate of drug-likeness (QED) is 0.635. The third kappa shape index (κ3) is 3.61. The van der Waals surface area contributed by atoms with Crippen molar-refractivity contribution in [2.24, 2.45) is 0 Å². The molecule has 158 valence electrons. The van der Waals surface area contributed by atoms with Gasteiger partial charge in [0.15, 0.2) is 5.82 Å². The van der Waals surface area contributed by atoms with E-state index < -0.39 is 10.0 Å². The van der Waals surface area contributed by atoms with Crippen LogP contribution in [0.2, 0.25) is 0 Å². The van der Waals surface area contributed by atoms with E-state index in [0.29, 0.717) is 17.8 Å². The maximum Gasteiger partial charge on any atom is 0.251 e. The lowest BCUT2D eigenvalue weighted by Gasteiger charge is -2.18. The number of fused-ring (bicyclic) bond motifs is 1. The molecule has 1 fully saturated rings. The molecule has 3 aromatic rings. The summed E-state index contributed by atoms with van der Waals surface area (Å²) in [6.45, 7) is 3.23. The zero-order valence-corrected chi connectivity index (χ0v) is 17.8. The van der Waals surface area contributed by atoms with Crippen molar-refractivity contribution in [3.63, 3.8) is 0 Å². The zero-order valence-electron chi connectivity index (χ0n) is 17.0. The molecule has 1 amide bonds. The summed E-state index contributed by atoms with van der Waals surface area (Å²) in [6.07, 6.45) is 4.31. The van der Waals surface area contributed by atoms with Crippen LogP contribution in [0.25, 0.3) is 5.65 Å². The van der Waals surface area contributed by atoms with E-state index in [1.807, 2.05) is 17.5 Å². The highest BCUT2D eigenvalue weighted by Crippen LogP contribution is 2.22. The van der Waals surface area contributed by atoms with E-state index in [1.54, 1.807) is 6.20 Å². The first kappa shape index (κ1) is 20.2. The second-order valence-corrected chi connectivity index (χ2v) is 9.56. The number of aromatic nitrogens is 4. The Kier molecular flexibility index (Phi) is 5.16. The Morgan fingerprint density at radius 1 is 1.20 bits per heavy atom. The summed E-state index contributed by atoms with van der Waals surface area (Å²) in [5.41, 5.74) is 1.11. The van der Waals surface area contributed by atoms with Gasteiger partial charge >= 0.3 is 0 Å². The Labute approximate surface area is 174 Å². The van der Waals surface area contributed by atoms with E-state index in [0.717, 1.165) is 28.9 Å². The normalized spacial score (nSPS) is 17.1. The lowest BCUT2D eigenvalue weighted by molar-refractivity contribution is 0.0940. The predicted molar refractivity (Wildman–Crippen MR) is 111 cm³/mol. The summed E-state index contributed by atoms with van der Waals surface area (Å²) in [6, 6.07) is 5.90. The first-order valence-electron chi connectivity index (χ1n) is 9.52. The smallest absolute Gasteiger partial charge is 0.251 e. The van der Waals surface area contributed by atoms with Gasteiger partial charge < -0.3 is 10.2 Å². The molecule has 2 aromatic heterocycles. The van der Waals surface area contributed by atoms with Gasteiger partial charge in [0.2, 0.25) is 15.7 Å². The molecule has 0 unspecified atom stereocenters. The van der Waals surface area contributed by atoms with Gasteiger partial charge in [0.1, 0.15) is 5.82 Å². The number of hydrogen-bond acceptors (Lipinski definition) is 7. The number of anilines is 1. The number of benzene rings is 1. The largest absolute Gasteiger partial charge is 0.351 e. The fourth-order valence-electron chi connectivity index (χ4n) is 3.48. The highest BCUT2D eigenvalue weighted by molar-refractivity contribution is 7.89. The first-order chi connectivity index (χ1) is 14.3. The van der Waals surface area contributed by atoms with Crippen molar-refractivity contribution in [3.05, 3.63) is 48.0 Å². The van der Waals surface area contributed by atoms with Crippen LogP contribution < -0.4 is 10.2 Å². The second kappa shape index (κ2) is 7.65. The first-order valence-corrected chi connectivity index (χ1v) is 11.0. The van der Waals surface area contributed by atoms with E-state index in [9.17, 15) is 13.2 Å². The monoisotopic (exact) mass is 429 g/mol. The third-order valence-corrected chi connectivity index (χ3v) is 7.03. The maximum absolute atomic E-state index is 12.6. The molecule has 3 heterocycles. The molecule has 0 saturated carbocycles. The summed E-state index contributed by atoms with van der Waals surface area (Å²) in [5, 5.41) is 11.3. The molecule has 30 heavy (non-hydrogen) atoms. The van der Waals surface area contributed by atoms with Crippen LogP contribution in [-0.4, -0.2) is 71.4 Å². The van der Waals surface area contributed by atoms with Crippen LogP contribution in [-0.2, 0) is 10.0 Å². The lowest BCUT2D eigenvalue weighted by Crippen LogP contribution is -2.37. The molecule has 1 aliphatic heterocycles. The van der Waals surface area contributed by atoms with Gasteiger partial charge in [-0.15, -0.1) is 10.2 Å². The van der Waals surface area contributed by atoms with Gasteiger partial charge in [-0.1, -0.05) is 0 Å². The molecule has 4 rings (SSSR count). The van der Waals surface area contributed by atoms with E-state index in [2.05, 4.69) is 25.4 Å². The molecule has 0 aliphatic carbocycles. The van der Waals surface area contributed by atoms with Crippen molar-refractivity contribution in [2.75, 3.05) is 32.1 Å². The lowest BCUT2D eigenvalue weighted by atomic mass is 10.2. The van der Waals surface area contributed by atoms with Crippen molar-refractivity contribution < 1.29 is 13.2 Å². The van der Waals surface area contributed by atoms with Gasteiger partial charge in [0.05, 0.1) is 4.90 Å². The van der Waals surface area contributed by atoms with E-state index in [-0.39, 0.29) is 16.8 Å². The summed E-state index contributed by atoms with van der Waals surface area (Å²) < 4.78 is 27.3. The second-order valence-electron chi connectivity index (χ2n) is 7.41. The van der Waals surface area contributed by atoms with Gasteiger partial charge in [0, 0.05) is 51.2 Å². The standard InChI is InChI=1S/C19H23N7O3S/c1-13-22-23-18-17(20-9-11-26(13)18)25-10-8-15(12-25)21-19(27)14-4-6-16(7-5-14)30(28,29)24(2)3/h4-7,9,11,15H,8,10,12H2,1-3H3,(H,21,27)/t15-/m0/s1. The number of carbonyl (C=O) groups is 1. The minimum absolute atomic E-state index is 0.0474. The summed E-state index contributed by atoms with van der Waals surface area (Å²) in [4.78, 5) is 19.3. The number of amides is 1. The van der Waals surface area contributed by atoms with Crippen LogP contribution in [0.4, 0.5) is 5.82 Å². The van der Waals surface area contributed by atoms with Crippen molar-refractivity contribution in [1.82, 2.24) is 29.2 Å². The minimum atomic E-state index is -3.52. The van der Waals surface area contributed by atoms with E-state index >= 15 is 0 Å². The Hall–Kier alpha value is -3.05. The Balaban J connectivity index is 1.44. The van der Waals surface area contributed by atoms with Gasteiger partial charge in [-0.25, -0.2) is 17.7 Å². The van der Waals surface area contributed by atoms with Crippen LogP contribution in [0.15, 0.2) is 41.6 Å². The number of aryl methyl sites for hydroxylation is 1. The molecular formula is C19H23N7O3S. The number of sulfonamides is 1. The molecule has 0 radical (unpaired) electrons. The molecule has 1 aliphatic rings. The van der Waals surface area contributed by atoms with Crippen molar-refractivity contribution >= 4 is 27.4 Å². The average molecular weight is 430 g/mol. The summed E-state index contributed by atoms with van der Waals surface area (Å²) in [7, 11) is -0.580. The Bertz CT molecular complexity index is 1190. The minimum Gasteiger partial charge on any atom is -0.351 e. The SMILES string of the molecule is Cc1nnc2c(N3CC[C@H](NC(=O)c4ccc(S(=O)(=O)N(C)C)cc4)C3)nccn12. The third-order valence-electron chi connectivity index (χ3n) is 5.20. The number of carbonyl (C=O) groups excluding carboxylic acids is 1. The molecule has 1 aromatic carbocycles. The zero-order chi connectivity index (χ0) is 21.5. The van der Waals surface area contributed by atoms with Crippen molar-refractivity contribution in [1.29, 1.82) is 0 Å². The Morgan fingerprint density at radius 2 is 1.93 bits per heavy atom. The van der Waals surface area contributed by atoms with Crippen LogP contribution in [0.3, 0.4) is 0 Å². The van der Waals surface area contributed by atoms with Crippen molar-refractivity contribution in [3.8, 4) is 0 Å². The molecule has 0 spiro atoms. The molecule has 1 saturated heterocycles. The average Bonchev–Trinajstić information content (AvgIpc) is 3.35. The fraction of sp³-hybridized carbons (Fsp3) is 0.368. The molecular weight excluding hydrogens is 406 g/mol. The van der Waals surface area contributed by atoms with Gasteiger partial charge in [-0.05, 0) is 37.6 Å². The number of rotatable bonds is 5. The van der Waals surface area contributed by atoms with E-state index in [1.165, 1.54) is 38.4 Å². The number of nitrogens with zero attached hydrogens (tertiary/aromatic N) is 6. The van der Waals surface area contributed by atoms with Crippen LogP contribution in [0, 0.1) is 6.92 Å². The molecule has 10 nitrogen and oxygen atoms in total. The molecule has 0 bridgehead atoms. The number of hydrogen-bond donors (Lipinski definition) is 1. The molecule has 1 atom stereocenters. The topological polar surface area (TPSA) is 113 Å². The Morgan fingerprint density at radius 3 is 2.63 bits per heavy atom. The highest BCUT2D eigenvalue weighted by Gasteiger charge is 2.27. The van der Waals surface area contributed by atoms with Crippen molar-refractivity contribution in [2.45, 2.75) is 24.3 Å².